The summed E-state index contributed by atoms with van der Waals surface area (Å²) in [6, 6.07) is 6.13. The monoisotopic (exact) mass is 694 g/mol. The Kier molecular flexibility index (Phi) is 9.84. The average Bonchev–Trinajstić information content (AvgIpc) is 3.26. The van der Waals surface area contributed by atoms with Crippen LogP contribution in [-0.2, 0) is 18.9 Å². The van der Waals surface area contributed by atoms with Gasteiger partial charge in [0.15, 0.2) is 5.79 Å². The first kappa shape index (κ1) is 35.5. The Morgan fingerprint density at radius 1 is 0.551 bits per heavy atom. The molecule has 0 unspecified atom stereocenters. The summed E-state index contributed by atoms with van der Waals surface area (Å²) in [5.74, 6) is -14.6. The second-order valence-electron chi connectivity index (χ2n) is 11.7. The summed E-state index contributed by atoms with van der Waals surface area (Å²) < 4.78 is 138. The summed E-state index contributed by atoms with van der Waals surface area (Å²) in [6.07, 6.45) is -2.45. The Balaban J connectivity index is 1.27. The fourth-order valence-corrected chi connectivity index (χ4v) is 5.43. The fourth-order valence-electron chi connectivity index (χ4n) is 5.43. The molecule has 1 aliphatic rings. The van der Waals surface area contributed by atoms with Crippen molar-refractivity contribution >= 4 is 11.9 Å². The number of ether oxygens (including phenoxy) is 4. The molecule has 4 aromatic carbocycles. The predicted octanol–water partition coefficient (Wildman–Crippen LogP) is 8.28. The van der Waals surface area contributed by atoms with Crippen LogP contribution < -0.4 is 0 Å². The van der Waals surface area contributed by atoms with Gasteiger partial charge in [-0.25, -0.2) is 44.7 Å². The molecule has 4 aromatic rings. The number of carbonyl (C=O) groups excluding carboxylic acids is 2. The minimum absolute atomic E-state index is 0.233. The van der Waals surface area contributed by atoms with E-state index < -0.39 is 123 Å². The number of halogens is 8. The number of carbonyl (C=O) groups is 2. The summed E-state index contributed by atoms with van der Waals surface area (Å²) in [4.78, 5) is 25.4. The molecule has 0 bridgehead atoms. The van der Waals surface area contributed by atoms with E-state index in [0.717, 1.165) is 24.3 Å². The molecule has 1 saturated heterocycles. The van der Waals surface area contributed by atoms with E-state index >= 15 is 0 Å². The number of hydrogen-bond acceptors (Lipinski definition) is 6. The van der Waals surface area contributed by atoms with E-state index in [4.69, 9.17) is 18.9 Å². The normalized spacial score (nSPS) is 16.9. The van der Waals surface area contributed by atoms with E-state index in [2.05, 4.69) is 0 Å². The van der Waals surface area contributed by atoms with Gasteiger partial charge in [0.25, 0.3) is 0 Å². The van der Waals surface area contributed by atoms with Crippen molar-refractivity contribution < 1.29 is 63.7 Å². The maximum Gasteiger partial charge on any atom is 0.344 e. The molecule has 0 N–H and O–H groups in total. The second kappa shape index (κ2) is 13.6. The maximum absolute atomic E-state index is 14.9. The largest absolute Gasteiger partial charge is 0.459 e. The standard InChI is InChI=1S/C35H26F8O6/c1-15-5-19(36)29(20(37)6-15)17-9-23(40)31(24(41)10-17)33(44)46-13-27-28(49-35(3,4)48-27)14-47-34(45)32-25(42)11-18(12-26(32)43)30-21(38)7-16(2)8-22(30)39/h5-12,27-28H,13-14H2,1-4H3/t27-,28-/m1/s1. The molecule has 0 aromatic heterocycles. The van der Waals surface area contributed by atoms with Gasteiger partial charge in [0.1, 0.15) is 83.1 Å². The number of benzene rings is 4. The van der Waals surface area contributed by atoms with Crippen LogP contribution in [-0.4, -0.2) is 43.1 Å². The number of rotatable bonds is 8. The zero-order chi connectivity index (χ0) is 35.9. The smallest absolute Gasteiger partial charge is 0.344 e. The number of hydrogen-bond donors (Lipinski definition) is 0. The molecule has 5 rings (SSSR count). The van der Waals surface area contributed by atoms with Gasteiger partial charge in [-0.1, -0.05) is 0 Å². The van der Waals surface area contributed by atoms with E-state index in [1.54, 1.807) is 0 Å². The van der Waals surface area contributed by atoms with Crippen molar-refractivity contribution in [2.45, 2.75) is 45.7 Å². The van der Waals surface area contributed by atoms with Gasteiger partial charge in [0.05, 0.1) is 11.1 Å². The van der Waals surface area contributed by atoms with Crippen LogP contribution in [0.25, 0.3) is 22.3 Å². The zero-order valence-electron chi connectivity index (χ0n) is 26.2. The highest BCUT2D eigenvalue weighted by Gasteiger charge is 2.43. The van der Waals surface area contributed by atoms with E-state index in [1.807, 2.05) is 0 Å². The van der Waals surface area contributed by atoms with E-state index in [9.17, 15) is 44.7 Å². The van der Waals surface area contributed by atoms with Gasteiger partial charge in [-0.15, -0.1) is 0 Å². The highest BCUT2D eigenvalue weighted by Crippen LogP contribution is 2.33. The van der Waals surface area contributed by atoms with Gasteiger partial charge in [-0.3, -0.25) is 0 Å². The molecule has 2 atom stereocenters. The van der Waals surface area contributed by atoms with Crippen molar-refractivity contribution in [1.82, 2.24) is 0 Å². The summed E-state index contributed by atoms with van der Waals surface area (Å²) in [6.45, 7) is 4.29. The molecule has 0 amide bonds. The molecule has 0 radical (unpaired) electrons. The lowest BCUT2D eigenvalue weighted by Crippen LogP contribution is -2.33. The predicted molar refractivity (Wildman–Crippen MR) is 157 cm³/mol. The lowest BCUT2D eigenvalue weighted by molar-refractivity contribution is -0.152. The lowest BCUT2D eigenvalue weighted by Gasteiger charge is -2.17. The van der Waals surface area contributed by atoms with Crippen molar-refractivity contribution in [2.75, 3.05) is 13.2 Å². The highest BCUT2D eigenvalue weighted by atomic mass is 19.2. The van der Waals surface area contributed by atoms with Crippen molar-refractivity contribution in [2.24, 2.45) is 0 Å². The SMILES string of the molecule is Cc1cc(F)c(-c2cc(F)c(C(=O)OC[C@H]3OC(C)(C)O[C@@H]3COC(=O)c3c(F)cc(-c4c(F)cc(C)cc4F)cc3F)c(F)c2)c(F)c1. The van der Waals surface area contributed by atoms with Crippen LogP contribution in [0.1, 0.15) is 45.7 Å². The topological polar surface area (TPSA) is 71.1 Å². The van der Waals surface area contributed by atoms with Gasteiger partial charge in [0.2, 0.25) is 0 Å². The maximum atomic E-state index is 14.9. The van der Waals surface area contributed by atoms with Gasteiger partial charge < -0.3 is 18.9 Å². The van der Waals surface area contributed by atoms with Crippen LogP contribution in [0.5, 0.6) is 0 Å². The van der Waals surface area contributed by atoms with E-state index in [-0.39, 0.29) is 11.1 Å². The van der Waals surface area contributed by atoms with Gasteiger partial charge in [-0.05, 0) is 98.5 Å². The van der Waals surface area contributed by atoms with Crippen molar-refractivity contribution in [3.05, 3.63) is 117 Å². The van der Waals surface area contributed by atoms with Gasteiger partial charge in [0, 0.05) is 0 Å². The lowest BCUT2D eigenvalue weighted by atomic mass is 10.0. The Hall–Kier alpha value is -4.82. The van der Waals surface area contributed by atoms with Crippen LogP contribution in [0.15, 0.2) is 48.5 Å². The molecule has 0 spiro atoms. The third-order valence-corrected chi connectivity index (χ3v) is 7.49. The molecule has 6 nitrogen and oxygen atoms in total. The summed E-state index contributed by atoms with van der Waals surface area (Å²) in [5, 5.41) is 0. The van der Waals surface area contributed by atoms with Crippen LogP contribution in [0.3, 0.4) is 0 Å². The molecule has 14 heteroatoms. The number of esters is 2. The molecule has 1 aliphatic heterocycles. The van der Waals surface area contributed by atoms with Gasteiger partial charge >= 0.3 is 11.9 Å². The molecule has 49 heavy (non-hydrogen) atoms. The minimum atomic E-state index is -1.51. The third kappa shape index (κ3) is 7.44. The first-order valence-corrected chi connectivity index (χ1v) is 14.6. The van der Waals surface area contributed by atoms with E-state index in [1.165, 1.54) is 27.7 Å². The number of aryl methyl sites for hydroxylation is 2. The van der Waals surface area contributed by atoms with Crippen LogP contribution in [0.4, 0.5) is 35.1 Å². The Morgan fingerprint density at radius 3 is 1.12 bits per heavy atom. The molecule has 258 valence electrons. The first-order valence-electron chi connectivity index (χ1n) is 14.6. The van der Waals surface area contributed by atoms with Crippen LogP contribution in [0.2, 0.25) is 0 Å². The molecule has 1 heterocycles. The van der Waals surface area contributed by atoms with Gasteiger partial charge in [-0.2, -0.15) is 0 Å². The summed E-state index contributed by atoms with van der Waals surface area (Å²) >= 11 is 0. The second-order valence-corrected chi connectivity index (χ2v) is 11.7. The molecule has 0 saturated carbocycles. The molecular weight excluding hydrogens is 668 g/mol. The van der Waals surface area contributed by atoms with Crippen molar-refractivity contribution in [1.29, 1.82) is 0 Å². The summed E-state index contributed by atoms with van der Waals surface area (Å²) in [5.41, 5.74) is -4.29. The molecular formula is C35H26F8O6. The Morgan fingerprint density at radius 2 is 0.837 bits per heavy atom. The van der Waals surface area contributed by atoms with Crippen LogP contribution >= 0.6 is 0 Å². The zero-order valence-corrected chi connectivity index (χ0v) is 26.2. The van der Waals surface area contributed by atoms with Crippen molar-refractivity contribution in [3.8, 4) is 22.3 Å². The van der Waals surface area contributed by atoms with Crippen molar-refractivity contribution in [3.63, 3.8) is 0 Å². The summed E-state index contributed by atoms with van der Waals surface area (Å²) in [7, 11) is 0. The highest BCUT2D eigenvalue weighted by molar-refractivity contribution is 5.91. The fraction of sp³-hybridized carbons (Fsp3) is 0.257. The molecule has 0 aliphatic carbocycles. The minimum Gasteiger partial charge on any atom is -0.459 e. The quantitative estimate of drug-likeness (QED) is 0.137. The van der Waals surface area contributed by atoms with E-state index in [0.29, 0.717) is 24.3 Å². The first-order chi connectivity index (χ1) is 23.0. The Labute approximate surface area is 274 Å². The molecule has 1 fully saturated rings. The van der Waals surface area contributed by atoms with Crippen LogP contribution in [0, 0.1) is 60.4 Å². The average molecular weight is 695 g/mol. The third-order valence-electron chi connectivity index (χ3n) is 7.49. The Bertz CT molecular complexity index is 1750.